The van der Waals surface area contributed by atoms with E-state index in [1.54, 1.807) is 7.11 Å². The Bertz CT molecular complexity index is 1470. The number of carbonyl (C=O) groups excluding carboxylic acids is 5. The topological polar surface area (TPSA) is 221 Å². The zero-order valence-electron chi connectivity index (χ0n) is 32.5. The minimum Gasteiger partial charge on any atom is -0.460 e. The van der Waals surface area contributed by atoms with Gasteiger partial charge in [-0.25, -0.2) is 5.43 Å². The number of esters is 1. The molecule has 0 aromatic heterocycles. The SMILES string of the molecule is COC1C(OC(=O)CCCOCCOCCNC(=O)CNCC(=O)C(=O)CNC(=O)[C@H](Cc2ccccc2)NN)CC[C@]2(CO2)C1C1(C)O[C@@H]1CC=C(C)C. The van der Waals surface area contributed by atoms with Crippen LogP contribution in [-0.2, 0) is 58.8 Å². The van der Waals surface area contributed by atoms with E-state index in [9.17, 15) is 24.0 Å². The number of carbonyl (C=O) groups is 5. The predicted molar refractivity (Wildman–Crippen MR) is 200 cm³/mol. The van der Waals surface area contributed by atoms with Crippen molar-refractivity contribution in [3.63, 3.8) is 0 Å². The highest BCUT2D eigenvalue weighted by Crippen LogP contribution is 2.59. The molecule has 1 aromatic carbocycles. The van der Waals surface area contributed by atoms with Crippen LogP contribution in [0.15, 0.2) is 42.0 Å². The van der Waals surface area contributed by atoms with Gasteiger partial charge in [-0.05, 0) is 58.4 Å². The molecule has 2 saturated heterocycles. The maximum Gasteiger partial charge on any atom is 0.306 e. The monoisotopic (exact) mass is 773 g/mol. The Hall–Kier alpha value is -3.61. The number of hydrogen-bond acceptors (Lipinski definition) is 14. The zero-order chi connectivity index (χ0) is 39.8. The van der Waals surface area contributed by atoms with Crippen molar-refractivity contribution < 1.29 is 52.4 Å². The highest BCUT2D eigenvalue weighted by atomic mass is 16.6. The van der Waals surface area contributed by atoms with Gasteiger partial charge in [-0.15, -0.1) is 0 Å². The molecule has 6 N–H and O–H groups in total. The summed E-state index contributed by atoms with van der Waals surface area (Å²) < 4.78 is 35.2. The largest absolute Gasteiger partial charge is 0.460 e. The van der Waals surface area contributed by atoms with Gasteiger partial charge in [0.2, 0.25) is 23.4 Å². The van der Waals surface area contributed by atoms with Crippen LogP contribution in [0.3, 0.4) is 0 Å². The summed E-state index contributed by atoms with van der Waals surface area (Å²) in [6.07, 6.45) is 4.91. The Morgan fingerprint density at radius 2 is 1.69 bits per heavy atom. The third-order valence-electron chi connectivity index (χ3n) is 10.2. The number of hydrogen-bond donors (Lipinski definition) is 5. The van der Waals surface area contributed by atoms with E-state index < -0.39 is 35.7 Å². The maximum absolute atomic E-state index is 12.8. The smallest absolute Gasteiger partial charge is 0.306 e. The number of nitrogens with one attached hydrogen (secondary N) is 4. The lowest BCUT2D eigenvalue weighted by atomic mass is 9.68. The molecule has 16 nitrogen and oxygen atoms in total. The second kappa shape index (κ2) is 21.6. The van der Waals surface area contributed by atoms with Crippen LogP contribution in [0.4, 0.5) is 0 Å². The molecule has 3 aliphatic rings. The maximum atomic E-state index is 12.8. The summed E-state index contributed by atoms with van der Waals surface area (Å²) >= 11 is 0. The number of amides is 2. The number of ketones is 2. The molecule has 55 heavy (non-hydrogen) atoms. The van der Waals surface area contributed by atoms with E-state index in [0.717, 1.165) is 18.4 Å². The van der Waals surface area contributed by atoms with Crippen molar-refractivity contribution in [3.05, 3.63) is 47.5 Å². The summed E-state index contributed by atoms with van der Waals surface area (Å²) in [4.78, 5) is 61.5. The molecule has 2 aliphatic heterocycles. The summed E-state index contributed by atoms with van der Waals surface area (Å²) in [7, 11) is 1.66. The van der Waals surface area contributed by atoms with Crippen molar-refractivity contribution in [2.75, 3.05) is 66.3 Å². The Labute approximate surface area is 323 Å². The molecule has 2 heterocycles. The van der Waals surface area contributed by atoms with Gasteiger partial charge in [0.05, 0.1) is 58.1 Å². The Morgan fingerprint density at radius 1 is 0.982 bits per heavy atom. The number of Topliss-reactive ketones (excluding diaryl/α,β-unsaturated/α-hetero) is 2. The molecular weight excluding hydrogens is 714 g/mol. The number of hydrazine groups is 1. The zero-order valence-corrected chi connectivity index (χ0v) is 32.5. The van der Waals surface area contributed by atoms with Crippen LogP contribution in [0.5, 0.6) is 0 Å². The number of methoxy groups -OCH3 is 1. The molecule has 4 unspecified atom stereocenters. The predicted octanol–water partition coefficient (Wildman–Crippen LogP) is 0.454. The van der Waals surface area contributed by atoms with Crippen molar-refractivity contribution in [1.29, 1.82) is 0 Å². The quantitative estimate of drug-likeness (QED) is 0.0164. The van der Waals surface area contributed by atoms with Gasteiger partial charge in [-0.2, -0.15) is 0 Å². The van der Waals surface area contributed by atoms with Gasteiger partial charge in [0.25, 0.3) is 0 Å². The minimum atomic E-state index is -0.801. The van der Waals surface area contributed by atoms with Gasteiger partial charge < -0.3 is 44.4 Å². The molecular formula is C39H59N5O11. The first-order chi connectivity index (χ1) is 26.4. The first kappa shape index (κ1) is 44.1. The van der Waals surface area contributed by atoms with E-state index in [1.807, 2.05) is 30.3 Å². The molecule has 4 rings (SSSR count). The molecule has 2 amide bonds. The van der Waals surface area contributed by atoms with E-state index in [4.69, 9.17) is 34.3 Å². The molecule has 1 saturated carbocycles. The highest BCUT2D eigenvalue weighted by molar-refractivity contribution is 6.39. The Balaban J connectivity index is 0.984. The number of allylic oxidation sites excluding steroid dienone is 1. The van der Waals surface area contributed by atoms with Crippen molar-refractivity contribution >= 4 is 29.4 Å². The van der Waals surface area contributed by atoms with Crippen LogP contribution in [0.2, 0.25) is 0 Å². The number of benzene rings is 1. The standard InChI is InChI=1S/C39H59N5O11/c1-26(2)12-13-32-38(3,55-32)36-35(50-4)31(14-15-39(36)25-53-39)54-34(48)11-8-17-51-19-20-52-18-16-42-33(47)24-41-22-29(45)30(46)23-43-37(49)28(44-40)21-27-9-6-5-7-10-27/h5-7,9-10,12,28,31-32,35-36,41,44H,8,11,13-25,40H2,1-4H3,(H,42,47)(H,43,49)/t28-,31?,32+,35?,36?,38?,39-/m0/s1. The fourth-order valence-electron chi connectivity index (χ4n) is 7.12. The molecule has 306 valence electrons. The van der Waals surface area contributed by atoms with Crippen LogP contribution in [-0.4, -0.2) is 131 Å². The third kappa shape index (κ3) is 13.5. The lowest BCUT2D eigenvalue weighted by Crippen LogP contribution is -2.55. The lowest BCUT2D eigenvalue weighted by Gasteiger charge is -2.42. The summed E-state index contributed by atoms with van der Waals surface area (Å²) in [5, 5.41) is 7.69. The fraction of sp³-hybridized carbons (Fsp3) is 0.667. The van der Waals surface area contributed by atoms with Crippen molar-refractivity contribution in [2.24, 2.45) is 11.8 Å². The first-order valence-electron chi connectivity index (χ1n) is 19.1. The Morgan fingerprint density at radius 3 is 2.36 bits per heavy atom. The third-order valence-corrected chi connectivity index (χ3v) is 10.2. The van der Waals surface area contributed by atoms with E-state index in [2.05, 4.69) is 48.2 Å². The van der Waals surface area contributed by atoms with Crippen LogP contribution >= 0.6 is 0 Å². The van der Waals surface area contributed by atoms with Crippen LogP contribution in [0.25, 0.3) is 0 Å². The van der Waals surface area contributed by atoms with Gasteiger partial charge >= 0.3 is 5.97 Å². The van der Waals surface area contributed by atoms with Crippen LogP contribution in [0, 0.1) is 5.92 Å². The summed E-state index contributed by atoms with van der Waals surface area (Å²) in [5.74, 6) is 2.71. The summed E-state index contributed by atoms with van der Waals surface area (Å²) in [6.45, 7) is 7.40. The molecule has 3 fully saturated rings. The number of ether oxygens (including phenoxy) is 6. The lowest BCUT2D eigenvalue weighted by molar-refractivity contribution is -0.172. The van der Waals surface area contributed by atoms with E-state index >= 15 is 0 Å². The van der Waals surface area contributed by atoms with Gasteiger partial charge in [-0.1, -0.05) is 42.0 Å². The fourth-order valence-corrected chi connectivity index (χ4v) is 7.12. The van der Waals surface area contributed by atoms with Crippen LogP contribution < -0.4 is 27.2 Å². The van der Waals surface area contributed by atoms with Crippen molar-refractivity contribution in [2.45, 2.75) is 94.9 Å². The van der Waals surface area contributed by atoms with E-state index in [1.165, 1.54) is 5.57 Å². The molecule has 1 aliphatic carbocycles. The molecule has 1 spiro atoms. The molecule has 0 radical (unpaired) electrons. The van der Waals surface area contributed by atoms with Crippen molar-refractivity contribution in [3.8, 4) is 0 Å². The number of rotatable bonds is 26. The van der Waals surface area contributed by atoms with Crippen LogP contribution in [0.1, 0.15) is 58.4 Å². The molecule has 7 atom stereocenters. The van der Waals surface area contributed by atoms with Gasteiger partial charge in [0, 0.05) is 26.7 Å². The highest BCUT2D eigenvalue weighted by Gasteiger charge is 2.72. The minimum absolute atomic E-state index is 0.0266. The molecule has 16 heteroatoms. The number of nitrogens with two attached hydrogens (primary N) is 1. The van der Waals surface area contributed by atoms with Crippen molar-refractivity contribution in [1.82, 2.24) is 21.4 Å². The summed E-state index contributed by atoms with van der Waals surface area (Å²) in [5.41, 5.74) is 3.88. The van der Waals surface area contributed by atoms with Gasteiger partial charge in [-0.3, -0.25) is 29.8 Å². The first-order valence-corrected chi connectivity index (χ1v) is 19.1. The molecule has 0 bridgehead atoms. The average Bonchev–Trinajstić information content (AvgIpc) is 4.09. The van der Waals surface area contributed by atoms with Gasteiger partial charge in [0.15, 0.2) is 0 Å². The molecule has 1 aromatic rings. The second-order valence-corrected chi connectivity index (χ2v) is 14.7. The second-order valence-electron chi connectivity index (χ2n) is 14.7. The normalized spacial score (nSPS) is 25.8. The van der Waals surface area contributed by atoms with Gasteiger partial charge in [0.1, 0.15) is 29.5 Å². The Kier molecular flexibility index (Phi) is 17.3. The summed E-state index contributed by atoms with van der Waals surface area (Å²) in [6, 6.07) is 8.44. The van der Waals surface area contributed by atoms with E-state index in [-0.39, 0.29) is 74.4 Å². The average molecular weight is 774 g/mol. The van der Waals surface area contributed by atoms with E-state index in [0.29, 0.717) is 45.7 Å². The number of epoxide rings is 2.